The van der Waals surface area contributed by atoms with Crippen LogP contribution in [-0.2, 0) is 4.79 Å². The Morgan fingerprint density at radius 1 is 1.38 bits per heavy atom. The lowest BCUT2D eigenvalue weighted by Crippen LogP contribution is -2.10. The summed E-state index contributed by atoms with van der Waals surface area (Å²) in [5.41, 5.74) is 3.13. The summed E-state index contributed by atoms with van der Waals surface area (Å²) < 4.78 is 14.3. The van der Waals surface area contributed by atoms with Crippen LogP contribution in [0.5, 0.6) is 0 Å². The van der Waals surface area contributed by atoms with Crippen molar-refractivity contribution in [3.05, 3.63) is 46.8 Å². The Labute approximate surface area is 139 Å². The van der Waals surface area contributed by atoms with Crippen LogP contribution >= 0.6 is 0 Å². The van der Waals surface area contributed by atoms with Gasteiger partial charge in [-0.15, -0.1) is 0 Å². The van der Waals surface area contributed by atoms with E-state index >= 15 is 0 Å². The Kier molecular flexibility index (Phi) is 4.19. The van der Waals surface area contributed by atoms with Gasteiger partial charge in [0.1, 0.15) is 5.82 Å². The monoisotopic (exact) mass is 324 g/mol. The van der Waals surface area contributed by atoms with Crippen molar-refractivity contribution < 1.29 is 9.18 Å². The maximum atomic E-state index is 14.3. The molecule has 1 aliphatic heterocycles. The number of rotatable bonds is 2. The summed E-state index contributed by atoms with van der Waals surface area (Å²) in [6.07, 6.45) is 3.21. The van der Waals surface area contributed by atoms with E-state index in [9.17, 15) is 9.18 Å². The lowest BCUT2D eigenvalue weighted by molar-refractivity contribution is -0.110. The second-order valence-corrected chi connectivity index (χ2v) is 5.81. The summed E-state index contributed by atoms with van der Waals surface area (Å²) in [4.78, 5) is 21.3. The van der Waals surface area contributed by atoms with E-state index in [1.807, 2.05) is 25.9 Å². The van der Waals surface area contributed by atoms with Crippen LogP contribution in [0.1, 0.15) is 22.5 Å². The van der Waals surface area contributed by atoms with Crippen molar-refractivity contribution in [1.29, 1.82) is 0 Å². The molecule has 0 bridgehead atoms. The van der Waals surface area contributed by atoms with Crippen molar-refractivity contribution in [3.8, 4) is 11.8 Å². The van der Waals surface area contributed by atoms with Gasteiger partial charge in [0.05, 0.1) is 35.4 Å². The molecule has 0 atom stereocenters. The number of anilines is 1. The number of hydrogen-bond donors (Lipinski definition) is 2. The minimum Gasteiger partial charge on any atom is -0.348 e. The van der Waals surface area contributed by atoms with E-state index in [4.69, 9.17) is 0 Å². The highest BCUT2D eigenvalue weighted by Crippen LogP contribution is 2.36. The number of imidazole rings is 1. The van der Waals surface area contributed by atoms with Gasteiger partial charge in [0, 0.05) is 11.3 Å². The molecule has 0 spiro atoms. The number of fused-ring (bicyclic) bond motifs is 1. The molecule has 0 fully saturated rings. The molecule has 122 valence electrons. The van der Waals surface area contributed by atoms with Gasteiger partial charge in [-0.2, -0.15) is 0 Å². The van der Waals surface area contributed by atoms with Gasteiger partial charge in [-0.3, -0.25) is 9.69 Å². The molecule has 0 unspecified atom stereocenters. The quantitative estimate of drug-likeness (QED) is 0.658. The van der Waals surface area contributed by atoms with Crippen LogP contribution in [0.4, 0.5) is 10.1 Å². The maximum absolute atomic E-state index is 14.3. The second-order valence-electron chi connectivity index (χ2n) is 5.81. The van der Waals surface area contributed by atoms with Crippen molar-refractivity contribution in [2.75, 3.05) is 26.0 Å². The van der Waals surface area contributed by atoms with E-state index in [2.05, 4.69) is 27.1 Å². The zero-order valence-corrected chi connectivity index (χ0v) is 13.7. The Morgan fingerprint density at radius 3 is 2.83 bits per heavy atom. The van der Waals surface area contributed by atoms with Crippen LogP contribution in [0.15, 0.2) is 18.5 Å². The van der Waals surface area contributed by atoms with E-state index in [1.54, 1.807) is 18.5 Å². The number of aryl methyl sites for hydroxylation is 1. The Morgan fingerprint density at radius 2 is 2.17 bits per heavy atom. The molecule has 2 aromatic rings. The molecule has 1 aromatic heterocycles. The van der Waals surface area contributed by atoms with Crippen LogP contribution < -0.4 is 5.32 Å². The fraction of sp³-hybridized carbons (Fsp3) is 0.222. The van der Waals surface area contributed by atoms with Crippen molar-refractivity contribution in [1.82, 2.24) is 14.9 Å². The van der Waals surface area contributed by atoms with Gasteiger partial charge >= 0.3 is 0 Å². The third-order valence-corrected chi connectivity index (χ3v) is 3.68. The smallest absolute Gasteiger partial charge is 0.256 e. The zero-order chi connectivity index (χ0) is 17.3. The van der Waals surface area contributed by atoms with Gasteiger partial charge in [0.15, 0.2) is 0 Å². The Bertz CT molecular complexity index is 899. The summed E-state index contributed by atoms with van der Waals surface area (Å²) in [7, 11) is 3.77. The second kappa shape index (κ2) is 6.30. The first kappa shape index (κ1) is 16.0. The molecule has 5 nitrogen and oxygen atoms in total. The molecule has 2 heterocycles. The van der Waals surface area contributed by atoms with Crippen LogP contribution in [0, 0.1) is 24.6 Å². The third-order valence-electron chi connectivity index (χ3n) is 3.68. The van der Waals surface area contributed by atoms with E-state index in [0.717, 1.165) is 5.69 Å². The van der Waals surface area contributed by atoms with Gasteiger partial charge in [0.2, 0.25) is 0 Å². The molecule has 1 aromatic carbocycles. The van der Waals surface area contributed by atoms with Crippen molar-refractivity contribution >= 4 is 23.2 Å². The van der Waals surface area contributed by atoms with Gasteiger partial charge in [-0.05, 0) is 39.2 Å². The van der Waals surface area contributed by atoms with Crippen LogP contribution in [0.3, 0.4) is 0 Å². The van der Waals surface area contributed by atoms with Crippen molar-refractivity contribution in [3.63, 3.8) is 0 Å². The minimum atomic E-state index is -0.443. The predicted molar refractivity (Wildman–Crippen MR) is 91.7 cm³/mol. The fourth-order valence-electron chi connectivity index (χ4n) is 2.46. The van der Waals surface area contributed by atoms with Crippen LogP contribution in [-0.4, -0.2) is 41.4 Å². The molecule has 0 saturated heterocycles. The van der Waals surface area contributed by atoms with Gasteiger partial charge in [0.25, 0.3) is 5.91 Å². The van der Waals surface area contributed by atoms with Gasteiger partial charge < -0.3 is 10.3 Å². The molecule has 6 heteroatoms. The molecular weight excluding hydrogens is 307 g/mol. The molecule has 2 N–H and O–H groups in total. The minimum absolute atomic E-state index is 0.229. The number of halogens is 1. The topological polar surface area (TPSA) is 61.0 Å². The predicted octanol–water partition coefficient (Wildman–Crippen LogP) is 2.26. The fourth-order valence-corrected chi connectivity index (χ4v) is 2.46. The molecule has 0 saturated carbocycles. The highest BCUT2D eigenvalue weighted by molar-refractivity contribution is 6.35. The van der Waals surface area contributed by atoms with Gasteiger partial charge in [-0.25, -0.2) is 9.37 Å². The number of aromatic nitrogens is 2. The number of carbonyl (C=O) groups is 1. The first-order valence-electron chi connectivity index (χ1n) is 7.47. The Hall–Kier alpha value is -2.91. The Balaban J connectivity index is 2.13. The largest absolute Gasteiger partial charge is 0.348 e. The number of carbonyl (C=O) groups excluding carboxylic acids is 1. The number of H-pyrrole nitrogens is 1. The summed E-state index contributed by atoms with van der Waals surface area (Å²) in [5, 5.41) is 2.76. The van der Waals surface area contributed by atoms with Crippen molar-refractivity contribution in [2.24, 2.45) is 0 Å². The average Bonchev–Trinajstić information content (AvgIpc) is 3.06. The van der Waals surface area contributed by atoms with Crippen LogP contribution in [0.25, 0.3) is 11.6 Å². The lowest BCUT2D eigenvalue weighted by atomic mass is 9.99. The summed E-state index contributed by atoms with van der Waals surface area (Å²) in [5.74, 6) is 5.06. The molecular formula is C18H17FN4O. The highest BCUT2D eigenvalue weighted by atomic mass is 19.1. The van der Waals surface area contributed by atoms with E-state index < -0.39 is 5.82 Å². The van der Waals surface area contributed by atoms with E-state index in [1.165, 1.54) is 6.07 Å². The van der Waals surface area contributed by atoms with Gasteiger partial charge in [-0.1, -0.05) is 11.8 Å². The maximum Gasteiger partial charge on any atom is 0.256 e. The van der Waals surface area contributed by atoms with E-state index in [-0.39, 0.29) is 11.5 Å². The third kappa shape index (κ3) is 2.94. The summed E-state index contributed by atoms with van der Waals surface area (Å²) in [6.45, 7) is 2.36. The van der Waals surface area contributed by atoms with Crippen LogP contribution in [0.2, 0.25) is 0 Å². The van der Waals surface area contributed by atoms with Crippen molar-refractivity contribution in [2.45, 2.75) is 6.92 Å². The lowest BCUT2D eigenvalue weighted by Gasteiger charge is -2.05. The molecule has 24 heavy (non-hydrogen) atoms. The van der Waals surface area contributed by atoms with E-state index in [0.29, 0.717) is 29.1 Å². The highest BCUT2D eigenvalue weighted by Gasteiger charge is 2.28. The first-order valence-corrected chi connectivity index (χ1v) is 7.47. The molecule has 0 radical (unpaired) electrons. The molecule has 0 aliphatic carbocycles. The number of amides is 1. The standard InChI is InChI=1S/C18H17FN4O/c1-11-16(21-10-20-11)9-13-17-12(5-4-8-23(2)3)14(19)6-7-15(17)22-18(13)24/h6-7,9-10H,8H2,1-3H3,(H,20,21)(H,22,24). The zero-order valence-electron chi connectivity index (χ0n) is 13.7. The normalized spacial score (nSPS) is 14.5. The molecule has 1 amide bonds. The SMILES string of the molecule is Cc1[nH]cnc1C=C1C(=O)Nc2ccc(F)c(C#CCN(C)C)c21. The first-order chi connectivity index (χ1) is 11.5. The molecule has 1 aliphatic rings. The summed E-state index contributed by atoms with van der Waals surface area (Å²) >= 11 is 0. The molecule has 3 rings (SSSR count). The summed E-state index contributed by atoms with van der Waals surface area (Å²) in [6, 6.07) is 2.87. The number of nitrogens with zero attached hydrogens (tertiary/aromatic N) is 2. The average molecular weight is 324 g/mol. The number of aromatic amines is 1. The number of nitrogens with one attached hydrogen (secondary N) is 2. The number of hydrogen-bond acceptors (Lipinski definition) is 3. The number of benzene rings is 1.